The molecule has 6 nitrogen and oxygen atoms in total. The molecule has 1 saturated heterocycles. The van der Waals surface area contributed by atoms with E-state index in [0.29, 0.717) is 25.9 Å². The highest BCUT2D eigenvalue weighted by molar-refractivity contribution is 7.14. The second-order valence-electron chi connectivity index (χ2n) is 6.14. The monoisotopic (exact) mass is 368 g/mol. The third kappa shape index (κ3) is 4.27. The minimum Gasteiger partial charge on any atom is -0.332 e. The lowest BCUT2D eigenvalue weighted by molar-refractivity contribution is -0.129. The second kappa shape index (κ2) is 8.11. The van der Waals surface area contributed by atoms with Crippen LogP contribution in [0.3, 0.4) is 0 Å². The van der Waals surface area contributed by atoms with Gasteiger partial charge in [-0.1, -0.05) is 29.4 Å². The Morgan fingerprint density at radius 1 is 1.27 bits per heavy atom. The number of hydrogen-bond donors (Lipinski definition) is 1. The van der Waals surface area contributed by atoms with Gasteiger partial charge in [0.15, 0.2) is 0 Å². The number of carbonyl (C=O) groups is 2. The molecule has 0 atom stereocenters. The molecule has 1 aliphatic rings. The van der Waals surface area contributed by atoms with Gasteiger partial charge in [0.1, 0.15) is 10.0 Å². The van der Waals surface area contributed by atoms with Gasteiger partial charge in [-0.3, -0.25) is 9.59 Å². The number of aryl methyl sites for hydroxylation is 1. The SMILES string of the molecule is CC#CC(=O)N1CCC(C(=O)Nc2cccc(-c3nnc(C)s3)c2)CC1. The van der Waals surface area contributed by atoms with Gasteiger partial charge in [-0.2, -0.15) is 0 Å². The smallest absolute Gasteiger partial charge is 0.298 e. The predicted octanol–water partition coefficient (Wildman–Crippen LogP) is 2.71. The van der Waals surface area contributed by atoms with Gasteiger partial charge in [-0.05, 0) is 44.7 Å². The molecule has 1 aliphatic heterocycles. The van der Waals surface area contributed by atoms with Crippen LogP contribution in [0.25, 0.3) is 10.6 Å². The third-order valence-electron chi connectivity index (χ3n) is 4.29. The van der Waals surface area contributed by atoms with Gasteiger partial charge >= 0.3 is 0 Å². The molecule has 2 aromatic rings. The first-order chi connectivity index (χ1) is 12.6. The molecule has 7 heteroatoms. The Morgan fingerprint density at radius 2 is 2.04 bits per heavy atom. The third-order valence-corrected chi connectivity index (χ3v) is 5.18. The second-order valence-corrected chi connectivity index (χ2v) is 7.32. The number of carbonyl (C=O) groups excluding carboxylic acids is 2. The van der Waals surface area contributed by atoms with E-state index in [1.54, 1.807) is 11.8 Å². The lowest BCUT2D eigenvalue weighted by Gasteiger charge is -2.30. The lowest BCUT2D eigenvalue weighted by Crippen LogP contribution is -2.41. The number of benzene rings is 1. The first kappa shape index (κ1) is 18.1. The number of piperidine rings is 1. The fraction of sp³-hybridized carbons (Fsp3) is 0.368. The summed E-state index contributed by atoms with van der Waals surface area (Å²) in [5, 5.41) is 12.9. The average molecular weight is 368 g/mol. The molecule has 134 valence electrons. The van der Waals surface area contributed by atoms with E-state index >= 15 is 0 Å². The molecule has 1 fully saturated rings. The van der Waals surface area contributed by atoms with Crippen LogP contribution >= 0.6 is 11.3 Å². The van der Waals surface area contributed by atoms with E-state index in [4.69, 9.17) is 0 Å². The molecule has 0 aliphatic carbocycles. The quantitative estimate of drug-likeness (QED) is 0.846. The van der Waals surface area contributed by atoms with Crippen LogP contribution in [0.15, 0.2) is 24.3 Å². The maximum Gasteiger partial charge on any atom is 0.298 e. The topological polar surface area (TPSA) is 75.2 Å². The molecular formula is C19H20N4O2S. The van der Waals surface area contributed by atoms with Crippen LogP contribution in [0.2, 0.25) is 0 Å². The van der Waals surface area contributed by atoms with Crippen molar-refractivity contribution in [3.63, 3.8) is 0 Å². The molecule has 1 aromatic heterocycles. The number of aromatic nitrogens is 2. The van der Waals surface area contributed by atoms with Crippen molar-refractivity contribution in [2.24, 2.45) is 5.92 Å². The number of rotatable bonds is 3. The van der Waals surface area contributed by atoms with Gasteiger partial charge in [0.25, 0.3) is 5.91 Å². The van der Waals surface area contributed by atoms with Crippen molar-refractivity contribution in [3.05, 3.63) is 29.3 Å². The van der Waals surface area contributed by atoms with Crippen LogP contribution in [0.4, 0.5) is 5.69 Å². The molecule has 2 heterocycles. The van der Waals surface area contributed by atoms with Crippen LogP contribution in [0, 0.1) is 24.7 Å². The summed E-state index contributed by atoms with van der Waals surface area (Å²) in [6, 6.07) is 7.62. The summed E-state index contributed by atoms with van der Waals surface area (Å²) in [6.45, 7) is 4.69. The van der Waals surface area contributed by atoms with Crippen LogP contribution in [-0.2, 0) is 9.59 Å². The van der Waals surface area contributed by atoms with E-state index in [1.807, 2.05) is 31.2 Å². The summed E-state index contributed by atoms with van der Waals surface area (Å²) in [5.41, 5.74) is 1.68. The molecule has 3 rings (SSSR count). The Bertz CT molecular complexity index is 873. The Balaban J connectivity index is 1.60. The van der Waals surface area contributed by atoms with Crippen molar-refractivity contribution in [2.75, 3.05) is 18.4 Å². The van der Waals surface area contributed by atoms with Gasteiger partial charge < -0.3 is 10.2 Å². The number of amides is 2. The van der Waals surface area contributed by atoms with Crippen molar-refractivity contribution in [2.45, 2.75) is 26.7 Å². The first-order valence-corrected chi connectivity index (χ1v) is 9.31. The minimum absolute atomic E-state index is 0.00994. The maximum absolute atomic E-state index is 12.6. The standard InChI is InChI=1S/C19H20N4O2S/c1-3-5-17(24)23-10-8-14(9-11-23)18(25)20-16-7-4-6-15(12-16)19-22-21-13(2)26-19/h4,6-7,12,14H,8-11H2,1-2H3,(H,20,25). The molecule has 0 spiro atoms. The zero-order chi connectivity index (χ0) is 18.5. The summed E-state index contributed by atoms with van der Waals surface area (Å²) in [4.78, 5) is 26.0. The minimum atomic E-state index is -0.161. The summed E-state index contributed by atoms with van der Waals surface area (Å²) in [5.74, 6) is 4.90. The number of anilines is 1. The van der Waals surface area contributed by atoms with Gasteiger partial charge in [0.05, 0.1) is 0 Å². The summed E-state index contributed by atoms with van der Waals surface area (Å²) < 4.78 is 0. The molecular weight excluding hydrogens is 348 g/mol. The van der Waals surface area contributed by atoms with Gasteiger partial charge in [0.2, 0.25) is 5.91 Å². The zero-order valence-corrected chi connectivity index (χ0v) is 15.6. The maximum atomic E-state index is 12.6. The summed E-state index contributed by atoms with van der Waals surface area (Å²) in [7, 11) is 0. The fourth-order valence-corrected chi connectivity index (χ4v) is 3.61. The van der Waals surface area contributed by atoms with E-state index in [-0.39, 0.29) is 17.7 Å². The van der Waals surface area contributed by atoms with Crippen molar-refractivity contribution in [1.82, 2.24) is 15.1 Å². The predicted molar refractivity (Wildman–Crippen MR) is 101 cm³/mol. The Hall–Kier alpha value is -2.72. The van der Waals surface area contributed by atoms with Crippen molar-refractivity contribution < 1.29 is 9.59 Å². The van der Waals surface area contributed by atoms with Crippen LogP contribution in [-0.4, -0.2) is 40.0 Å². The number of nitrogens with zero attached hydrogens (tertiary/aromatic N) is 3. The molecule has 0 unspecified atom stereocenters. The molecule has 1 aromatic carbocycles. The summed E-state index contributed by atoms with van der Waals surface area (Å²) in [6.07, 6.45) is 1.30. The molecule has 0 saturated carbocycles. The zero-order valence-electron chi connectivity index (χ0n) is 14.8. The highest BCUT2D eigenvalue weighted by Gasteiger charge is 2.26. The molecule has 2 amide bonds. The van der Waals surface area contributed by atoms with Crippen LogP contribution in [0.5, 0.6) is 0 Å². The number of likely N-dealkylation sites (tertiary alicyclic amines) is 1. The average Bonchev–Trinajstić information content (AvgIpc) is 3.09. The Morgan fingerprint density at radius 3 is 2.69 bits per heavy atom. The highest BCUT2D eigenvalue weighted by atomic mass is 32.1. The first-order valence-electron chi connectivity index (χ1n) is 8.50. The summed E-state index contributed by atoms with van der Waals surface area (Å²) >= 11 is 1.52. The van der Waals surface area contributed by atoms with Gasteiger partial charge in [-0.15, -0.1) is 10.2 Å². The number of hydrogen-bond acceptors (Lipinski definition) is 5. The van der Waals surface area contributed by atoms with E-state index in [9.17, 15) is 9.59 Å². The van der Waals surface area contributed by atoms with Gasteiger partial charge in [-0.25, -0.2) is 0 Å². The van der Waals surface area contributed by atoms with Gasteiger partial charge in [0, 0.05) is 30.3 Å². The number of nitrogens with one attached hydrogen (secondary N) is 1. The van der Waals surface area contributed by atoms with E-state index in [2.05, 4.69) is 27.4 Å². The normalized spacial score (nSPS) is 14.5. The molecule has 0 radical (unpaired) electrons. The highest BCUT2D eigenvalue weighted by Crippen LogP contribution is 2.26. The van der Waals surface area contributed by atoms with Crippen molar-refractivity contribution in [1.29, 1.82) is 0 Å². The Labute approximate surface area is 156 Å². The van der Waals surface area contributed by atoms with Crippen molar-refractivity contribution in [3.8, 4) is 22.4 Å². The largest absolute Gasteiger partial charge is 0.332 e. The fourth-order valence-electron chi connectivity index (χ4n) is 2.92. The Kier molecular flexibility index (Phi) is 5.64. The van der Waals surface area contributed by atoms with E-state index in [0.717, 1.165) is 21.3 Å². The van der Waals surface area contributed by atoms with E-state index < -0.39 is 0 Å². The molecule has 26 heavy (non-hydrogen) atoms. The molecule has 1 N–H and O–H groups in total. The molecule has 0 bridgehead atoms. The van der Waals surface area contributed by atoms with Crippen LogP contribution in [0.1, 0.15) is 24.8 Å². The van der Waals surface area contributed by atoms with E-state index in [1.165, 1.54) is 11.3 Å². The van der Waals surface area contributed by atoms with Crippen LogP contribution < -0.4 is 5.32 Å². The van der Waals surface area contributed by atoms with Crippen molar-refractivity contribution >= 4 is 28.8 Å². The lowest BCUT2D eigenvalue weighted by atomic mass is 9.95.